The van der Waals surface area contributed by atoms with E-state index in [1.807, 2.05) is 17.5 Å². The highest BCUT2D eigenvalue weighted by atomic mass is 35.5. The van der Waals surface area contributed by atoms with Gasteiger partial charge in [-0.2, -0.15) is 0 Å². The zero-order chi connectivity index (χ0) is 19.0. The first-order valence-corrected chi connectivity index (χ1v) is 10.0. The van der Waals surface area contributed by atoms with Gasteiger partial charge in [0.15, 0.2) is 0 Å². The third-order valence-electron chi connectivity index (χ3n) is 4.89. The molecule has 140 valence electrons. The van der Waals surface area contributed by atoms with Crippen LogP contribution in [0.4, 0.5) is 0 Å². The number of thiophene rings is 1. The molecular formula is C20H18ClNO4S. The Bertz CT molecular complexity index is 885. The number of halogens is 1. The fraction of sp³-hybridized carbons (Fsp3) is 0.300. The van der Waals surface area contributed by atoms with Crippen LogP contribution in [0.3, 0.4) is 0 Å². The van der Waals surface area contributed by atoms with Crippen LogP contribution in [0.5, 0.6) is 0 Å². The van der Waals surface area contributed by atoms with Gasteiger partial charge in [0.25, 0.3) is 11.7 Å². The molecule has 0 aliphatic carbocycles. The number of ketones is 1. The summed E-state index contributed by atoms with van der Waals surface area (Å²) in [4.78, 5) is 27.9. The minimum Gasteiger partial charge on any atom is -0.507 e. The molecule has 2 atom stereocenters. The van der Waals surface area contributed by atoms with Gasteiger partial charge in [0.2, 0.25) is 0 Å². The maximum atomic E-state index is 12.8. The summed E-state index contributed by atoms with van der Waals surface area (Å²) in [5.41, 5.74) is 0.568. The Hall–Kier alpha value is -2.15. The maximum Gasteiger partial charge on any atom is 0.295 e. The first-order chi connectivity index (χ1) is 13.1. The Morgan fingerprint density at radius 1 is 1.26 bits per heavy atom. The van der Waals surface area contributed by atoms with E-state index >= 15 is 0 Å². The highest BCUT2D eigenvalue weighted by molar-refractivity contribution is 7.10. The van der Waals surface area contributed by atoms with Crippen molar-refractivity contribution in [2.75, 3.05) is 13.2 Å². The summed E-state index contributed by atoms with van der Waals surface area (Å²) in [7, 11) is 0. The highest BCUT2D eigenvalue weighted by Crippen LogP contribution is 2.41. The van der Waals surface area contributed by atoms with E-state index in [9.17, 15) is 14.7 Å². The Labute approximate surface area is 165 Å². The van der Waals surface area contributed by atoms with E-state index < -0.39 is 17.7 Å². The van der Waals surface area contributed by atoms with Gasteiger partial charge in [-0.1, -0.05) is 17.7 Å². The van der Waals surface area contributed by atoms with Crippen LogP contribution >= 0.6 is 22.9 Å². The molecule has 0 saturated carbocycles. The van der Waals surface area contributed by atoms with Crippen molar-refractivity contribution < 1.29 is 19.4 Å². The monoisotopic (exact) mass is 403 g/mol. The largest absolute Gasteiger partial charge is 0.507 e. The van der Waals surface area contributed by atoms with Crippen molar-refractivity contribution in [3.63, 3.8) is 0 Å². The van der Waals surface area contributed by atoms with E-state index in [1.165, 1.54) is 16.2 Å². The average molecular weight is 404 g/mol. The number of aliphatic hydroxyl groups is 1. The number of ether oxygens (including phenoxy) is 1. The molecule has 2 saturated heterocycles. The second-order valence-electron chi connectivity index (χ2n) is 6.61. The maximum absolute atomic E-state index is 12.8. The van der Waals surface area contributed by atoms with E-state index in [1.54, 1.807) is 24.3 Å². The van der Waals surface area contributed by atoms with Crippen molar-refractivity contribution in [1.29, 1.82) is 0 Å². The number of aliphatic hydroxyl groups excluding tert-OH is 1. The van der Waals surface area contributed by atoms with Gasteiger partial charge in [0.1, 0.15) is 5.76 Å². The standard InChI is InChI=1S/C20H18ClNO4S/c21-13-7-5-12(6-8-13)18(23)16-17(15-4-2-10-27-15)22(20(25)19(16)24)11-14-3-1-9-26-14/h2,4-8,10,14,17,23H,1,3,9,11H2. The van der Waals surface area contributed by atoms with Gasteiger partial charge in [0.05, 0.1) is 17.7 Å². The first-order valence-electron chi connectivity index (χ1n) is 8.75. The average Bonchev–Trinajstić information content (AvgIpc) is 3.40. The minimum absolute atomic E-state index is 0.0822. The molecule has 1 aromatic carbocycles. The molecule has 1 N–H and O–H groups in total. The Morgan fingerprint density at radius 3 is 2.67 bits per heavy atom. The number of likely N-dealkylation sites (tertiary alicyclic amines) is 1. The molecule has 2 aliphatic heterocycles. The number of hydrogen-bond acceptors (Lipinski definition) is 5. The fourth-order valence-electron chi connectivity index (χ4n) is 3.58. The lowest BCUT2D eigenvalue weighted by atomic mass is 10.00. The third kappa shape index (κ3) is 3.40. The topological polar surface area (TPSA) is 66.8 Å². The van der Waals surface area contributed by atoms with Gasteiger partial charge in [-0.05, 0) is 48.6 Å². The van der Waals surface area contributed by atoms with Gasteiger partial charge >= 0.3 is 0 Å². The van der Waals surface area contributed by atoms with Crippen molar-refractivity contribution in [2.24, 2.45) is 0 Å². The molecule has 2 fully saturated rings. The molecular weight excluding hydrogens is 386 g/mol. The van der Waals surface area contributed by atoms with Gasteiger partial charge in [-0.25, -0.2) is 0 Å². The predicted octanol–water partition coefficient (Wildman–Crippen LogP) is 4.00. The predicted molar refractivity (Wildman–Crippen MR) is 104 cm³/mol. The number of Topliss-reactive ketones (excluding diaryl/α,β-unsaturated/α-hetero) is 1. The molecule has 1 amide bonds. The van der Waals surface area contributed by atoms with Crippen molar-refractivity contribution >= 4 is 40.4 Å². The second-order valence-corrected chi connectivity index (χ2v) is 8.02. The van der Waals surface area contributed by atoms with Crippen molar-refractivity contribution in [3.05, 3.63) is 62.8 Å². The van der Waals surface area contributed by atoms with Crippen LogP contribution in [0.1, 0.15) is 29.3 Å². The quantitative estimate of drug-likeness (QED) is 0.476. The molecule has 1 aromatic heterocycles. The number of hydrogen-bond donors (Lipinski definition) is 1. The van der Waals surface area contributed by atoms with Gasteiger partial charge in [-0.15, -0.1) is 11.3 Å². The number of nitrogens with zero attached hydrogens (tertiary/aromatic N) is 1. The first kappa shape index (κ1) is 18.2. The molecule has 0 bridgehead atoms. The molecule has 4 rings (SSSR count). The fourth-order valence-corrected chi connectivity index (χ4v) is 4.55. The van der Waals surface area contributed by atoms with E-state index in [0.29, 0.717) is 23.7 Å². The van der Waals surface area contributed by atoms with E-state index in [2.05, 4.69) is 0 Å². The van der Waals surface area contributed by atoms with Crippen molar-refractivity contribution in [1.82, 2.24) is 4.90 Å². The van der Waals surface area contributed by atoms with Crippen molar-refractivity contribution in [3.8, 4) is 0 Å². The van der Waals surface area contributed by atoms with E-state index in [-0.39, 0.29) is 17.4 Å². The van der Waals surface area contributed by atoms with Crippen LogP contribution in [0.15, 0.2) is 47.4 Å². The van der Waals surface area contributed by atoms with Gasteiger partial charge < -0.3 is 14.7 Å². The molecule has 2 unspecified atom stereocenters. The van der Waals surface area contributed by atoms with E-state index in [0.717, 1.165) is 17.7 Å². The van der Waals surface area contributed by atoms with Crippen LogP contribution in [0.25, 0.3) is 5.76 Å². The number of carbonyl (C=O) groups is 2. The lowest BCUT2D eigenvalue weighted by Gasteiger charge is -2.26. The van der Waals surface area contributed by atoms with E-state index in [4.69, 9.17) is 16.3 Å². The molecule has 7 heteroatoms. The van der Waals surface area contributed by atoms with Crippen molar-refractivity contribution in [2.45, 2.75) is 25.0 Å². The molecule has 3 heterocycles. The summed E-state index contributed by atoms with van der Waals surface area (Å²) in [6, 6.07) is 9.68. The smallest absolute Gasteiger partial charge is 0.295 e. The lowest BCUT2D eigenvalue weighted by molar-refractivity contribution is -0.140. The summed E-state index contributed by atoms with van der Waals surface area (Å²) in [6.07, 6.45) is 1.72. The summed E-state index contributed by atoms with van der Waals surface area (Å²) in [6.45, 7) is 1.01. The lowest BCUT2D eigenvalue weighted by Crippen LogP contribution is -2.36. The SMILES string of the molecule is O=C1C(=O)N(CC2CCCO2)C(c2cccs2)C1=C(O)c1ccc(Cl)cc1. The van der Waals surface area contributed by atoms with Crippen LogP contribution in [-0.2, 0) is 14.3 Å². The molecule has 0 radical (unpaired) electrons. The number of amides is 1. The number of rotatable bonds is 4. The second kappa shape index (κ2) is 7.46. The third-order valence-corrected chi connectivity index (χ3v) is 6.07. The molecule has 2 aliphatic rings. The number of benzene rings is 1. The normalized spacial score (nSPS) is 24.7. The van der Waals surface area contributed by atoms with Gasteiger partial charge in [-0.3, -0.25) is 9.59 Å². The molecule has 2 aromatic rings. The summed E-state index contributed by atoms with van der Waals surface area (Å²) in [5, 5.41) is 13.3. The summed E-state index contributed by atoms with van der Waals surface area (Å²) < 4.78 is 5.66. The minimum atomic E-state index is -0.668. The summed E-state index contributed by atoms with van der Waals surface area (Å²) in [5.74, 6) is -1.45. The zero-order valence-corrected chi connectivity index (χ0v) is 16.0. The Kier molecular flexibility index (Phi) is 5.04. The van der Waals surface area contributed by atoms with Crippen LogP contribution < -0.4 is 0 Å². The Balaban J connectivity index is 1.78. The molecule has 0 spiro atoms. The van der Waals surface area contributed by atoms with Crippen LogP contribution in [0, 0.1) is 0 Å². The molecule has 27 heavy (non-hydrogen) atoms. The highest BCUT2D eigenvalue weighted by Gasteiger charge is 2.47. The zero-order valence-electron chi connectivity index (χ0n) is 14.4. The Morgan fingerprint density at radius 2 is 2.04 bits per heavy atom. The van der Waals surface area contributed by atoms with Crippen LogP contribution in [0.2, 0.25) is 5.02 Å². The molecule has 5 nitrogen and oxygen atoms in total. The van der Waals surface area contributed by atoms with Crippen LogP contribution in [-0.4, -0.2) is 41.0 Å². The summed E-state index contributed by atoms with van der Waals surface area (Å²) >= 11 is 7.37. The van der Waals surface area contributed by atoms with Gasteiger partial charge in [0, 0.05) is 28.6 Å². The number of carbonyl (C=O) groups excluding carboxylic acids is 2.